The molecule has 0 aliphatic carbocycles. The molecule has 0 N–H and O–H groups in total. The fraction of sp³-hybridized carbons (Fsp3) is 0.324. The molecule has 1 amide bonds. The van der Waals surface area contributed by atoms with Crippen LogP contribution in [-0.4, -0.2) is 41.5 Å². The third-order valence-corrected chi connectivity index (χ3v) is 10.9. The quantitative estimate of drug-likeness (QED) is 0.101. The average Bonchev–Trinajstić information content (AvgIpc) is 3.33. The smallest absolute Gasteiger partial charge is 0.265 e. The standard InChI is InChI=1S/C37H42BrN2OS.BrH/c1-5-40(6-2,26-30-22-27(3)21-28(4)23-30)20-12-11-19-39(25-29-17-18-31-13-7-8-14-32(31)24-29)37(41)36-35(38)33-15-9-10-16-34(33)42-36;/h7-10,13-18,21-24H,5-6,11-12,19-20,25-26H2,1-4H3;1H/q+1;/p-1. The molecule has 226 valence electrons. The number of unbranched alkanes of at least 4 members (excludes halogenated alkanes) is 1. The summed E-state index contributed by atoms with van der Waals surface area (Å²) in [6, 6.07) is 30.2. The second-order valence-corrected chi connectivity index (χ2v) is 13.6. The van der Waals surface area contributed by atoms with Crippen molar-refractivity contribution in [1.82, 2.24) is 4.90 Å². The van der Waals surface area contributed by atoms with Crippen LogP contribution in [0.3, 0.4) is 0 Å². The molecule has 4 aromatic carbocycles. The average molecular weight is 723 g/mol. The number of carbonyl (C=O) groups excluding carboxylic acids is 1. The molecular formula is C37H42Br2N2OS. The lowest BCUT2D eigenvalue weighted by atomic mass is 10.1. The topological polar surface area (TPSA) is 20.3 Å². The van der Waals surface area contributed by atoms with Crippen LogP contribution in [0.5, 0.6) is 0 Å². The Morgan fingerprint density at radius 3 is 2.19 bits per heavy atom. The molecule has 0 saturated heterocycles. The minimum Gasteiger partial charge on any atom is -1.00 e. The van der Waals surface area contributed by atoms with Crippen molar-refractivity contribution in [2.45, 2.75) is 53.6 Å². The lowest BCUT2D eigenvalue weighted by Crippen LogP contribution is -3.00. The van der Waals surface area contributed by atoms with E-state index in [9.17, 15) is 4.79 Å². The first-order chi connectivity index (χ1) is 20.3. The predicted molar refractivity (Wildman–Crippen MR) is 183 cm³/mol. The van der Waals surface area contributed by atoms with E-state index < -0.39 is 0 Å². The van der Waals surface area contributed by atoms with Crippen LogP contribution in [0.2, 0.25) is 0 Å². The van der Waals surface area contributed by atoms with Gasteiger partial charge in [0, 0.05) is 33.2 Å². The Morgan fingerprint density at radius 2 is 1.49 bits per heavy atom. The second-order valence-electron chi connectivity index (χ2n) is 11.7. The van der Waals surface area contributed by atoms with Crippen LogP contribution >= 0.6 is 27.3 Å². The lowest BCUT2D eigenvalue weighted by molar-refractivity contribution is -0.938. The highest BCUT2D eigenvalue weighted by molar-refractivity contribution is 9.10. The van der Waals surface area contributed by atoms with Gasteiger partial charge in [-0.15, -0.1) is 11.3 Å². The molecule has 0 radical (unpaired) electrons. The molecule has 0 aliphatic heterocycles. The molecule has 43 heavy (non-hydrogen) atoms. The zero-order valence-electron chi connectivity index (χ0n) is 25.7. The molecule has 5 aromatic rings. The fourth-order valence-electron chi connectivity index (χ4n) is 6.25. The summed E-state index contributed by atoms with van der Waals surface area (Å²) < 4.78 is 3.12. The highest BCUT2D eigenvalue weighted by Gasteiger charge is 2.26. The van der Waals surface area contributed by atoms with E-state index in [0.717, 1.165) is 69.5 Å². The number of halogens is 2. The number of benzene rings is 4. The van der Waals surface area contributed by atoms with Crippen LogP contribution in [0.25, 0.3) is 20.9 Å². The Bertz CT molecular complexity index is 1670. The number of aryl methyl sites for hydroxylation is 2. The number of amides is 1. The lowest BCUT2D eigenvalue weighted by Gasteiger charge is -2.37. The van der Waals surface area contributed by atoms with Gasteiger partial charge >= 0.3 is 0 Å². The summed E-state index contributed by atoms with van der Waals surface area (Å²) >= 11 is 5.35. The maximum absolute atomic E-state index is 14.1. The zero-order chi connectivity index (χ0) is 29.7. The molecule has 5 rings (SSSR count). The molecular weight excluding hydrogens is 680 g/mol. The molecule has 0 saturated carbocycles. The number of rotatable bonds is 12. The van der Waals surface area contributed by atoms with Crippen LogP contribution in [0, 0.1) is 13.8 Å². The van der Waals surface area contributed by atoms with E-state index in [2.05, 4.69) is 121 Å². The third kappa shape index (κ3) is 7.96. The Labute approximate surface area is 280 Å². The van der Waals surface area contributed by atoms with Gasteiger partial charge in [0.15, 0.2) is 0 Å². The molecule has 0 unspecified atom stereocenters. The first kappa shape index (κ1) is 33.4. The van der Waals surface area contributed by atoms with Gasteiger partial charge < -0.3 is 26.4 Å². The van der Waals surface area contributed by atoms with Gasteiger partial charge in [-0.3, -0.25) is 4.79 Å². The van der Waals surface area contributed by atoms with Crippen LogP contribution in [-0.2, 0) is 13.1 Å². The second kappa shape index (κ2) is 15.0. The summed E-state index contributed by atoms with van der Waals surface area (Å²) in [7, 11) is 0. The summed E-state index contributed by atoms with van der Waals surface area (Å²) in [6.45, 7) is 14.8. The van der Waals surface area contributed by atoms with Crippen molar-refractivity contribution in [1.29, 1.82) is 0 Å². The van der Waals surface area contributed by atoms with E-state index in [0.29, 0.717) is 6.54 Å². The molecule has 0 aliphatic rings. The number of nitrogens with zero attached hydrogens (tertiary/aromatic N) is 2. The molecule has 0 fully saturated rings. The molecule has 1 aromatic heterocycles. The van der Waals surface area contributed by atoms with Crippen molar-refractivity contribution in [2.75, 3.05) is 26.2 Å². The van der Waals surface area contributed by atoms with Gasteiger partial charge in [0.1, 0.15) is 11.4 Å². The highest BCUT2D eigenvalue weighted by Crippen LogP contribution is 2.36. The number of quaternary nitrogens is 1. The summed E-state index contributed by atoms with van der Waals surface area (Å²) in [4.78, 5) is 17.0. The number of thiophene rings is 1. The van der Waals surface area contributed by atoms with Gasteiger partial charge in [-0.1, -0.05) is 83.9 Å². The fourth-order valence-corrected chi connectivity index (χ4v) is 8.20. The van der Waals surface area contributed by atoms with Crippen LogP contribution in [0.15, 0.2) is 89.4 Å². The number of carbonyl (C=O) groups is 1. The van der Waals surface area contributed by atoms with E-state index in [1.165, 1.54) is 33.0 Å². The summed E-state index contributed by atoms with van der Waals surface area (Å²) in [5.41, 5.74) is 5.27. The SMILES string of the molecule is CC[N+](CC)(CCCCN(Cc1ccc2ccccc2c1)C(=O)c1sc2ccccc2c1Br)Cc1cc(C)cc(C)c1.[Br-]. The van der Waals surface area contributed by atoms with E-state index >= 15 is 0 Å². The minimum atomic E-state index is 0. The van der Waals surface area contributed by atoms with Gasteiger partial charge in [0.2, 0.25) is 0 Å². The van der Waals surface area contributed by atoms with Crippen molar-refractivity contribution >= 4 is 54.0 Å². The number of hydrogen-bond acceptors (Lipinski definition) is 2. The summed E-state index contributed by atoms with van der Waals surface area (Å²) in [5, 5.41) is 3.55. The van der Waals surface area contributed by atoms with Crippen LogP contribution in [0.4, 0.5) is 0 Å². The predicted octanol–water partition coefficient (Wildman–Crippen LogP) is 6.92. The summed E-state index contributed by atoms with van der Waals surface area (Å²) in [5.74, 6) is 0.109. The Kier molecular flexibility index (Phi) is 11.6. The Hall–Kier alpha value is -2.51. The van der Waals surface area contributed by atoms with E-state index in [1.54, 1.807) is 11.3 Å². The largest absolute Gasteiger partial charge is 1.00 e. The van der Waals surface area contributed by atoms with E-state index in [1.807, 2.05) is 12.1 Å². The van der Waals surface area contributed by atoms with Crippen molar-refractivity contribution in [2.24, 2.45) is 0 Å². The highest BCUT2D eigenvalue weighted by atomic mass is 79.9. The van der Waals surface area contributed by atoms with Crippen molar-refractivity contribution in [3.63, 3.8) is 0 Å². The van der Waals surface area contributed by atoms with E-state index in [4.69, 9.17) is 0 Å². The van der Waals surface area contributed by atoms with Gasteiger partial charge in [-0.2, -0.15) is 0 Å². The first-order valence-corrected chi connectivity index (χ1v) is 16.8. The summed E-state index contributed by atoms with van der Waals surface area (Å²) in [6.07, 6.45) is 2.07. The van der Waals surface area contributed by atoms with Gasteiger partial charge in [0.25, 0.3) is 5.91 Å². The van der Waals surface area contributed by atoms with Crippen LogP contribution in [0.1, 0.15) is 58.6 Å². The minimum absolute atomic E-state index is 0. The molecule has 3 nitrogen and oxygen atoms in total. The normalized spacial score (nSPS) is 11.6. The van der Waals surface area contributed by atoms with Crippen molar-refractivity contribution in [3.05, 3.63) is 117 Å². The molecule has 0 atom stereocenters. The number of hydrogen-bond donors (Lipinski definition) is 0. The monoisotopic (exact) mass is 720 g/mol. The molecule has 0 bridgehead atoms. The Morgan fingerprint density at radius 1 is 0.814 bits per heavy atom. The Balaban J connectivity index is 0.00000423. The van der Waals surface area contributed by atoms with Gasteiger partial charge in [0.05, 0.1) is 19.6 Å². The maximum Gasteiger partial charge on any atom is 0.265 e. The zero-order valence-corrected chi connectivity index (χ0v) is 29.7. The van der Waals surface area contributed by atoms with Crippen LogP contribution < -0.4 is 17.0 Å². The third-order valence-electron chi connectivity index (χ3n) is 8.66. The van der Waals surface area contributed by atoms with Crippen molar-refractivity contribution in [3.8, 4) is 0 Å². The van der Waals surface area contributed by atoms with Gasteiger partial charge in [-0.25, -0.2) is 0 Å². The van der Waals surface area contributed by atoms with Crippen molar-refractivity contribution < 1.29 is 26.3 Å². The molecule has 6 heteroatoms. The van der Waals surface area contributed by atoms with Gasteiger partial charge in [-0.05, 0) is 84.9 Å². The van der Waals surface area contributed by atoms with E-state index in [-0.39, 0.29) is 22.9 Å². The molecule has 0 spiro atoms. The molecule has 1 heterocycles. The first-order valence-electron chi connectivity index (χ1n) is 15.2. The maximum atomic E-state index is 14.1. The number of fused-ring (bicyclic) bond motifs is 2.